The molecular formula is C17H16F3NO3. The van der Waals surface area contributed by atoms with Gasteiger partial charge in [0.2, 0.25) is 0 Å². The zero-order valence-corrected chi connectivity index (χ0v) is 12.9. The Labute approximate surface area is 136 Å². The predicted molar refractivity (Wildman–Crippen MR) is 81.2 cm³/mol. The number of amides is 1. The van der Waals surface area contributed by atoms with Crippen molar-refractivity contribution in [1.29, 1.82) is 0 Å². The Morgan fingerprint density at radius 1 is 1.17 bits per heavy atom. The normalized spacial score (nSPS) is 11.9. The van der Waals surface area contributed by atoms with Crippen molar-refractivity contribution in [3.63, 3.8) is 0 Å². The number of rotatable bonds is 6. The van der Waals surface area contributed by atoms with E-state index in [0.717, 1.165) is 18.2 Å². The van der Waals surface area contributed by atoms with Crippen LogP contribution in [0.2, 0.25) is 0 Å². The minimum atomic E-state index is -1.35. The van der Waals surface area contributed by atoms with Crippen LogP contribution in [0.5, 0.6) is 5.75 Å². The van der Waals surface area contributed by atoms with Gasteiger partial charge in [-0.25, -0.2) is 13.2 Å². The van der Waals surface area contributed by atoms with Gasteiger partial charge < -0.3 is 15.2 Å². The molecule has 0 aliphatic heterocycles. The first-order chi connectivity index (χ1) is 11.5. The average molecular weight is 339 g/mol. The minimum Gasteiger partial charge on any atom is -0.491 e. The fourth-order valence-corrected chi connectivity index (χ4v) is 2.14. The SMILES string of the molecule is CCOc1ccc(F)c(C(=O)NCC(O)c2ccccc2F)c1F. The lowest BCUT2D eigenvalue weighted by atomic mass is 10.1. The highest BCUT2D eigenvalue weighted by atomic mass is 19.1. The van der Waals surface area contributed by atoms with Gasteiger partial charge in [-0.3, -0.25) is 4.79 Å². The highest BCUT2D eigenvalue weighted by molar-refractivity contribution is 5.95. The van der Waals surface area contributed by atoms with Crippen LogP contribution in [-0.2, 0) is 0 Å². The summed E-state index contributed by atoms with van der Waals surface area (Å²) in [4.78, 5) is 12.0. The average Bonchev–Trinajstić information content (AvgIpc) is 2.56. The lowest BCUT2D eigenvalue weighted by Gasteiger charge is -2.14. The molecule has 2 aromatic carbocycles. The van der Waals surface area contributed by atoms with Crippen LogP contribution < -0.4 is 10.1 Å². The van der Waals surface area contributed by atoms with Gasteiger partial charge in [0.15, 0.2) is 11.6 Å². The molecule has 0 saturated heterocycles. The van der Waals surface area contributed by atoms with Crippen LogP contribution in [-0.4, -0.2) is 24.2 Å². The van der Waals surface area contributed by atoms with Crippen LogP contribution in [0.1, 0.15) is 28.9 Å². The summed E-state index contributed by atoms with van der Waals surface area (Å²) in [6.07, 6.45) is -1.35. The third-order valence-electron chi connectivity index (χ3n) is 3.30. The summed E-state index contributed by atoms with van der Waals surface area (Å²) >= 11 is 0. The molecule has 1 amide bonds. The topological polar surface area (TPSA) is 58.6 Å². The van der Waals surface area contributed by atoms with E-state index >= 15 is 0 Å². The third kappa shape index (κ3) is 3.86. The quantitative estimate of drug-likeness (QED) is 0.851. The largest absolute Gasteiger partial charge is 0.491 e. The maximum atomic E-state index is 14.1. The first-order valence-corrected chi connectivity index (χ1v) is 7.27. The summed E-state index contributed by atoms with van der Waals surface area (Å²) in [6, 6.07) is 7.48. The molecule has 128 valence electrons. The molecule has 0 heterocycles. The van der Waals surface area contributed by atoms with Crippen LogP contribution in [0.4, 0.5) is 13.2 Å². The van der Waals surface area contributed by atoms with Crippen LogP contribution in [0.3, 0.4) is 0 Å². The summed E-state index contributed by atoms with van der Waals surface area (Å²) in [5, 5.41) is 12.1. The third-order valence-corrected chi connectivity index (χ3v) is 3.30. The van der Waals surface area contributed by atoms with Gasteiger partial charge >= 0.3 is 0 Å². The number of ether oxygens (including phenoxy) is 1. The number of aliphatic hydroxyl groups excluding tert-OH is 1. The summed E-state index contributed by atoms with van der Waals surface area (Å²) in [6.45, 7) is 1.36. The zero-order valence-electron chi connectivity index (χ0n) is 12.9. The summed E-state index contributed by atoms with van der Waals surface area (Å²) < 4.78 is 46.4. The smallest absolute Gasteiger partial charge is 0.257 e. The Balaban J connectivity index is 2.13. The predicted octanol–water partition coefficient (Wildman–Crippen LogP) is 2.97. The van der Waals surface area contributed by atoms with Crippen molar-refractivity contribution in [3.05, 3.63) is 65.0 Å². The standard InChI is InChI=1S/C17H16F3NO3/c1-2-24-14-8-7-12(19)15(16(14)20)17(23)21-9-13(22)10-5-3-4-6-11(10)18/h3-8,13,22H,2,9H2,1H3,(H,21,23). The van der Waals surface area contributed by atoms with Crippen molar-refractivity contribution in [3.8, 4) is 5.75 Å². The molecule has 2 N–H and O–H groups in total. The second-order valence-corrected chi connectivity index (χ2v) is 4.91. The number of nitrogens with one attached hydrogen (secondary N) is 1. The Hall–Kier alpha value is -2.54. The molecule has 0 saturated carbocycles. The van der Waals surface area contributed by atoms with E-state index in [1.54, 1.807) is 6.92 Å². The number of hydrogen-bond acceptors (Lipinski definition) is 3. The number of benzene rings is 2. The van der Waals surface area contributed by atoms with E-state index in [-0.39, 0.29) is 17.9 Å². The molecule has 24 heavy (non-hydrogen) atoms. The van der Waals surface area contributed by atoms with E-state index in [2.05, 4.69) is 5.32 Å². The lowest BCUT2D eigenvalue weighted by Crippen LogP contribution is -2.30. The van der Waals surface area contributed by atoms with Crippen molar-refractivity contribution >= 4 is 5.91 Å². The molecular weight excluding hydrogens is 323 g/mol. The number of carbonyl (C=O) groups is 1. The second kappa shape index (κ2) is 7.83. The molecule has 4 nitrogen and oxygen atoms in total. The molecule has 0 radical (unpaired) electrons. The molecule has 0 aromatic heterocycles. The van der Waals surface area contributed by atoms with Gasteiger partial charge in [0.05, 0.1) is 12.7 Å². The molecule has 2 aromatic rings. The maximum absolute atomic E-state index is 14.1. The van der Waals surface area contributed by atoms with Gasteiger partial charge in [0.1, 0.15) is 17.2 Å². The molecule has 1 unspecified atom stereocenters. The van der Waals surface area contributed by atoms with E-state index in [0.29, 0.717) is 0 Å². The molecule has 0 fully saturated rings. The van der Waals surface area contributed by atoms with Gasteiger partial charge in [-0.1, -0.05) is 18.2 Å². The van der Waals surface area contributed by atoms with Gasteiger partial charge in [-0.05, 0) is 25.1 Å². The van der Waals surface area contributed by atoms with E-state index in [1.165, 1.54) is 18.2 Å². The molecule has 0 aliphatic rings. The Morgan fingerprint density at radius 2 is 1.88 bits per heavy atom. The molecule has 0 bridgehead atoms. The zero-order chi connectivity index (χ0) is 17.7. The van der Waals surface area contributed by atoms with Crippen LogP contribution >= 0.6 is 0 Å². The van der Waals surface area contributed by atoms with Gasteiger partial charge in [0.25, 0.3) is 5.91 Å². The van der Waals surface area contributed by atoms with Crippen molar-refractivity contribution in [2.45, 2.75) is 13.0 Å². The van der Waals surface area contributed by atoms with Crippen LogP contribution in [0.15, 0.2) is 36.4 Å². The van der Waals surface area contributed by atoms with Crippen molar-refractivity contribution in [1.82, 2.24) is 5.32 Å². The van der Waals surface area contributed by atoms with Crippen LogP contribution in [0.25, 0.3) is 0 Å². The van der Waals surface area contributed by atoms with E-state index in [4.69, 9.17) is 4.74 Å². The van der Waals surface area contributed by atoms with E-state index in [1.807, 2.05) is 0 Å². The molecule has 0 spiro atoms. The summed E-state index contributed by atoms with van der Waals surface area (Å²) in [5.74, 6) is -4.15. The summed E-state index contributed by atoms with van der Waals surface area (Å²) in [7, 11) is 0. The Bertz CT molecular complexity index is 737. The molecule has 2 rings (SSSR count). The highest BCUT2D eigenvalue weighted by Crippen LogP contribution is 2.23. The van der Waals surface area contributed by atoms with Gasteiger partial charge in [-0.15, -0.1) is 0 Å². The van der Waals surface area contributed by atoms with Gasteiger partial charge in [-0.2, -0.15) is 0 Å². The fourth-order valence-electron chi connectivity index (χ4n) is 2.14. The van der Waals surface area contributed by atoms with E-state index in [9.17, 15) is 23.1 Å². The number of halogens is 3. The summed E-state index contributed by atoms with van der Waals surface area (Å²) in [5.41, 5.74) is -0.844. The molecule has 1 atom stereocenters. The fraction of sp³-hybridized carbons (Fsp3) is 0.235. The first-order valence-electron chi connectivity index (χ1n) is 7.27. The van der Waals surface area contributed by atoms with Crippen molar-refractivity contribution < 1.29 is 27.8 Å². The van der Waals surface area contributed by atoms with Gasteiger partial charge in [0, 0.05) is 12.1 Å². The highest BCUT2D eigenvalue weighted by Gasteiger charge is 2.22. The lowest BCUT2D eigenvalue weighted by molar-refractivity contribution is 0.0904. The second-order valence-electron chi connectivity index (χ2n) is 4.91. The van der Waals surface area contributed by atoms with Crippen molar-refractivity contribution in [2.75, 3.05) is 13.2 Å². The van der Waals surface area contributed by atoms with E-state index < -0.39 is 41.6 Å². The Morgan fingerprint density at radius 3 is 2.54 bits per heavy atom. The van der Waals surface area contributed by atoms with Crippen molar-refractivity contribution in [2.24, 2.45) is 0 Å². The number of aliphatic hydroxyl groups is 1. The number of hydrogen-bond donors (Lipinski definition) is 2. The molecule has 0 aliphatic carbocycles. The first kappa shape index (κ1) is 17.8. The number of carbonyl (C=O) groups excluding carboxylic acids is 1. The monoisotopic (exact) mass is 339 g/mol. The minimum absolute atomic E-state index is 0.0261. The Kier molecular flexibility index (Phi) is 5.81. The van der Waals surface area contributed by atoms with Crippen LogP contribution in [0, 0.1) is 17.5 Å². The molecule has 7 heteroatoms. The maximum Gasteiger partial charge on any atom is 0.257 e.